The monoisotopic (exact) mass is 266 g/mol. The minimum atomic E-state index is 0.320. The maximum Gasteiger partial charge on any atom is 0.0453 e. The molecule has 0 aromatic heterocycles. The molecule has 2 nitrogen and oxygen atoms in total. The van der Waals surface area contributed by atoms with Gasteiger partial charge in [-0.3, -0.25) is 0 Å². The summed E-state index contributed by atoms with van der Waals surface area (Å²) in [4.78, 5) is 2.51. The van der Waals surface area contributed by atoms with Crippen LogP contribution in [-0.4, -0.2) is 30.6 Å². The van der Waals surface area contributed by atoms with Crippen molar-refractivity contribution in [1.29, 1.82) is 0 Å². The molecule has 0 radical (unpaired) electrons. The summed E-state index contributed by atoms with van der Waals surface area (Å²) in [5, 5.41) is 4.58. The third kappa shape index (κ3) is 3.47. The number of hydrogen-bond acceptors (Lipinski definition) is 2. The first kappa shape index (κ1) is 13.9. The molecule has 18 heavy (non-hydrogen) atoms. The molecule has 1 aromatic rings. The average Bonchev–Trinajstić information content (AvgIpc) is 2.39. The van der Waals surface area contributed by atoms with Crippen molar-refractivity contribution >= 4 is 11.6 Å². The van der Waals surface area contributed by atoms with Gasteiger partial charge in [0.05, 0.1) is 0 Å². The van der Waals surface area contributed by atoms with Crippen LogP contribution in [0.15, 0.2) is 24.3 Å². The van der Waals surface area contributed by atoms with E-state index in [-0.39, 0.29) is 0 Å². The molecule has 0 amide bonds. The fourth-order valence-electron chi connectivity index (χ4n) is 2.75. The van der Waals surface area contributed by atoms with Crippen molar-refractivity contribution < 1.29 is 0 Å². The van der Waals surface area contributed by atoms with Crippen molar-refractivity contribution in [3.63, 3.8) is 0 Å². The predicted octanol–water partition coefficient (Wildman–Crippen LogP) is 3.47. The summed E-state index contributed by atoms with van der Waals surface area (Å²) in [6.45, 7) is 7.99. The van der Waals surface area contributed by atoms with Crippen LogP contribution in [0.25, 0.3) is 0 Å². The highest BCUT2D eigenvalue weighted by atomic mass is 35.5. The largest absolute Gasteiger partial charge is 0.306 e. The quantitative estimate of drug-likeness (QED) is 0.898. The van der Waals surface area contributed by atoms with Crippen LogP contribution >= 0.6 is 11.6 Å². The highest BCUT2D eigenvalue weighted by Gasteiger charge is 2.21. The van der Waals surface area contributed by atoms with Gasteiger partial charge in [-0.1, -0.05) is 36.7 Å². The molecule has 1 heterocycles. The van der Waals surface area contributed by atoms with Crippen LogP contribution in [0.3, 0.4) is 0 Å². The van der Waals surface area contributed by atoms with Crippen molar-refractivity contribution in [3.8, 4) is 0 Å². The van der Waals surface area contributed by atoms with E-state index >= 15 is 0 Å². The Hall–Kier alpha value is -0.570. The highest BCUT2D eigenvalue weighted by molar-refractivity contribution is 6.31. The summed E-state index contributed by atoms with van der Waals surface area (Å²) >= 11 is 6.24. The molecule has 0 aliphatic carbocycles. The smallest absolute Gasteiger partial charge is 0.0453 e. The molecule has 1 fully saturated rings. The van der Waals surface area contributed by atoms with E-state index in [1.54, 1.807) is 0 Å². The number of piperidine rings is 1. The SMILES string of the molecule is CCN1CCCC(NC(C)c2ccccc2Cl)C1. The van der Waals surface area contributed by atoms with Gasteiger partial charge in [0.25, 0.3) is 0 Å². The molecule has 1 aliphatic heterocycles. The van der Waals surface area contributed by atoms with Crippen molar-refractivity contribution in [2.75, 3.05) is 19.6 Å². The van der Waals surface area contributed by atoms with Gasteiger partial charge in [-0.25, -0.2) is 0 Å². The molecule has 1 saturated heterocycles. The lowest BCUT2D eigenvalue weighted by Gasteiger charge is -2.34. The Kier molecular flexibility index (Phi) is 5.04. The first-order chi connectivity index (χ1) is 8.70. The van der Waals surface area contributed by atoms with E-state index in [0.717, 1.165) is 18.1 Å². The lowest BCUT2D eigenvalue weighted by molar-refractivity contribution is 0.192. The molecule has 3 heteroatoms. The summed E-state index contributed by atoms with van der Waals surface area (Å²) in [6.07, 6.45) is 2.56. The van der Waals surface area contributed by atoms with Gasteiger partial charge < -0.3 is 10.2 Å². The van der Waals surface area contributed by atoms with E-state index in [1.807, 2.05) is 12.1 Å². The Labute approximate surface area is 115 Å². The number of halogens is 1. The van der Waals surface area contributed by atoms with Crippen LogP contribution in [0.4, 0.5) is 0 Å². The second-order valence-corrected chi connectivity index (χ2v) is 5.55. The van der Waals surface area contributed by atoms with Gasteiger partial charge in [-0.15, -0.1) is 0 Å². The van der Waals surface area contributed by atoms with Crippen LogP contribution in [0.2, 0.25) is 5.02 Å². The Morgan fingerprint density at radius 3 is 2.94 bits per heavy atom. The average molecular weight is 267 g/mol. The predicted molar refractivity (Wildman–Crippen MR) is 78.1 cm³/mol. The summed E-state index contributed by atoms with van der Waals surface area (Å²) in [5.74, 6) is 0. The van der Waals surface area contributed by atoms with Gasteiger partial charge in [-0.05, 0) is 44.5 Å². The van der Waals surface area contributed by atoms with Crippen LogP contribution in [0, 0.1) is 0 Å². The topological polar surface area (TPSA) is 15.3 Å². The van der Waals surface area contributed by atoms with Crippen LogP contribution < -0.4 is 5.32 Å². The lowest BCUT2D eigenvalue weighted by atomic mass is 10.0. The molecule has 1 aliphatic rings. The Morgan fingerprint density at radius 2 is 2.22 bits per heavy atom. The van der Waals surface area contributed by atoms with Crippen LogP contribution in [-0.2, 0) is 0 Å². The zero-order valence-corrected chi connectivity index (χ0v) is 12.1. The van der Waals surface area contributed by atoms with Crippen molar-refractivity contribution in [1.82, 2.24) is 10.2 Å². The third-order valence-corrected chi connectivity index (χ3v) is 4.15. The second-order valence-electron chi connectivity index (χ2n) is 5.14. The number of hydrogen-bond donors (Lipinski definition) is 1. The molecule has 100 valence electrons. The summed E-state index contributed by atoms with van der Waals surface area (Å²) in [5.41, 5.74) is 1.20. The van der Waals surface area contributed by atoms with Gasteiger partial charge in [0.1, 0.15) is 0 Å². The van der Waals surface area contributed by atoms with Crippen molar-refractivity contribution in [3.05, 3.63) is 34.9 Å². The van der Waals surface area contributed by atoms with E-state index in [4.69, 9.17) is 11.6 Å². The van der Waals surface area contributed by atoms with Crippen molar-refractivity contribution in [2.24, 2.45) is 0 Å². The summed E-state index contributed by atoms with van der Waals surface area (Å²) in [6, 6.07) is 9.02. The van der Waals surface area contributed by atoms with Gasteiger partial charge in [-0.2, -0.15) is 0 Å². The van der Waals surface area contributed by atoms with Crippen LogP contribution in [0.1, 0.15) is 38.3 Å². The molecule has 0 spiro atoms. The number of likely N-dealkylation sites (tertiary alicyclic amines) is 1. The second kappa shape index (κ2) is 6.55. The maximum atomic E-state index is 6.24. The Balaban J connectivity index is 1.95. The number of nitrogens with zero attached hydrogens (tertiary/aromatic N) is 1. The standard InChI is InChI=1S/C15H23ClN2/c1-3-18-10-6-7-13(11-18)17-12(2)14-8-4-5-9-15(14)16/h4-5,8-9,12-13,17H,3,6-7,10-11H2,1-2H3. The molecule has 2 atom stereocenters. The first-order valence-electron chi connectivity index (χ1n) is 6.93. The molecule has 0 saturated carbocycles. The molecule has 1 aromatic carbocycles. The van der Waals surface area contributed by atoms with E-state index in [2.05, 4.69) is 36.2 Å². The number of likely N-dealkylation sites (N-methyl/N-ethyl adjacent to an activating group) is 1. The van der Waals surface area contributed by atoms with E-state index in [9.17, 15) is 0 Å². The molecule has 1 N–H and O–H groups in total. The fourth-order valence-corrected chi connectivity index (χ4v) is 3.05. The van der Waals surface area contributed by atoms with Crippen LogP contribution in [0.5, 0.6) is 0 Å². The Morgan fingerprint density at radius 1 is 1.44 bits per heavy atom. The maximum absolute atomic E-state index is 6.24. The minimum absolute atomic E-state index is 0.320. The molecule has 0 bridgehead atoms. The third-order valence-electron chi connectivity index (χ3n) is 3.81. The molecule has 2 unspecified atom stereocenters. The zero-order valence-electron chi connectivity index (χ0n) is 11.3. The zero-order chi connectivity index (χ0) is 13.0. The molecular formula is C15H23ClN2. The lowest BCUT2D eigenvalue weighted by Crippen LogP contribution is -2.46. The Bertz CT molecular complexity index is 381. The van der Waals surface area contributed by atoms with Gasteiger partial charge in [0.2, 0.25) is 0 Å². The highest BCUT2D eigenvalue weighted by Crippen LogP contribution is 2.23. The minimum Gasteiger partial charge on any atom is -0.306 e. The number of benzene rings is 1. The van der Waals surface area contributed by atoms with Gasteiger partial charge >= 0.3 is 0 Å². The summed E-state index contributed by atoms with van der Waals surface area (Å²) < 4.78 is 0. The first-order valence-corrected chi connectivity index (χ1v) is 7.31. The summed E-state index contributed by atoms with van der Waals surface area (Å²) in [7, 11) is 0. The van der Waals surface area contributed by atoms with E-state index in [1.165, 1.54) is 24.9 Å². The normalized spacial score (nSPS) is 22.9. The van der Waals surface area contributed by atoms with E-state index in [0.29, 0.717) is 12.1 Å². The van der Waals surface area contributed by atoms with E-state index < -0.39 is 0 Å². The molecule has 2 rings (SSSR count). The number of rotatable bonds is 4. The fraction of sp³-hybridized carbons (Fsp3) is 0.600. The van der Waals surface area contributed by atoms with Crippen molar-refractivity contribution in [2.45, 2.75) is 38.8 Å². The van der Waals surface area contributed by atoms with Gasteiger partial charge in [0.15, 0.2) is 0 Å². The number of nitrogens with one attached hydrogen (secondary N) is 1. The van der Waals surface area contributed by atoms with Gasteiger partial charge in [0, 0.05) is 23.7 Å². The molecular weight excluding hydrogens is 244 g/mol.